The van der Waals surface area contributed by atoms with Gasteiger partial charge in [0, 0.05) is 17.4 Å². The lowest BCUT2D eigenvalue weighted by atomic mass is 9.95. The number of aliphatic carboxylic acids is 1. The summed E-state index contributed by atoms with van der Waals surface area (Å²) in [6.07, 6.45) is 6.40. The van der Waals surface area contributed by atoms with Crippen LogP contribution in [0.5, 0.6) is 0 Å². The Labute approximate surface area is 138 Å². The van der Waals surface area contributed by atoms with Crippen LogP contribution in [0, 0.1) is 13.8 Å². The summed E-state index contributed by atoms with van der Waals surface area (Å²) in [5.74, 6) is -1.30. The van der Waals surface area contributed by atoms with E-state index in [0.29, 0.717) is 18.0 Å². The molecule has 1 amide bonds. The summed E-state index contributed by atoms with van der Waals surface area (Å²) in [6.45, 7) is 7.29. The number of hydrogen-bond donors (Lipinski definition) is 2. The van der Waals surface area contributed by atoms with Crippen LogP contribution in [-0.4, -0.2) is 27.1 Å². The molecule has 1 unspecified atom stereocenters. The number of carbonyl (C=O) groups is 2. The van der Waals surface area contributed by atoms with Gasteiger partial charge in [-0.05, 0) is 46.1 Å². The van der Waals surface area contributed by atoms with E-state index in [9.17, 15) is 14.7 Å². The van der Waals surface area contributed by atoms with Crippen molar-refractivity contribution < 1.29 is 14.7 Å². The van der Waals surface area contributed by atoms with Crippen LogP contribution in [0.15, 0.2) is 6.07 Å². The second-order valence-corrected chi connectivity index (χ2v) is 6.89. The number of hydrogen-bond acceptors (Lipinski definition) is 2. The fraction of sp³-hybridized carbons (Fsp3) is 0.667. The van der Waals surface area contributed by atoms with E-state index >= 15 is 0 Å². The van der Waals surface area contributed by atoms with E-state index in [0.717, 1.165) is 24.2 Å². The number of aryl methyl sites for hydroxylation is 1. The Bertz CT molecular complexity index is 600. The number of nitrogens with zero attached hydrogens (tertiary/aromatic N) is 1. The first-order chi connectivity index (χ1) is 10.8. The van der Waals surface area contributed by atoms with E-state index in [2.05, 4.69) is 9.88 Å². The minimum absolute atomic E-state index is 0.299. The highest BCUT2D eigenvalue weighted by Crippen LogP contribution is 2.32. The van der Waals surface area contributed by atoms with Gasteiger partial charge in [0.1, 0.15) is 5.54 Å². The van der Waals surface area contributed by atoms with Crippen molar-refractivity contribution in [3.05, 3.63) is 23.0 Å². The van der Waals surface area contributed by atoms with E-state index in [4.69, 9.17) is 0 Å². The van der Waals surface area contributed by atoms with Crippen molar-refractivity contribution in [2.75, 3.05) is 0 Å². The Morgan fingerprint density at radius 3 is 2.43 bits per heavy atom. The van der Waals surface area contributed by atoms with Gasteiger partial charge in [-0.25, -0.2) is 4.79 Å². The normalized spacial score (nSPS) is 18.4. The molecule has 2 rings (SSSR count). The van der Waals surface area contributed by atoms with Gasteiger partial charge in [-0.2, -0.15) is 0 Å². The molecule has 1 atom stereocenters. The average molecular weight is 320 g/mol. The van der Waals surface area contributed by atoms with E-state index < -0.39 is 11.5 Å². The van der Waals surface area contributed by atoms with Crippen LogP contribution in [0.1, 0.15) is 80.2 Å². The van der Waals surface area contributed by atoms with Crippen molar-refractivity contribution in [1.29, 1.82) is 0 Å². The zero-order valence-corrected chi connectivity index (χ0v) is 14.6. The molecule has 0 saturated heterocycles. The molecule has 1 aromatic heterocycles. The first-order valence-electron chi connectivity index (χ1n) is 8.54. The van der Waals surface area contributed by atoms with Crippen molar-refractivity contribution >= 4 is 11.9 Å². The summed E-state index contributed by atoms with van der Waals surface area (Å²) in [5.41, 5.74) is 1.38. The van der Waals surface area contributed by atoms with Crippen LogP contribution in [0.2, 0.25) is 0 Å². The summed E-state index contributed by atoms with van der Waals surface area (Å²) in [7, 11) is 0. The van der Waals surface area contributed by atoms with Crippen molar-refractivity contribution in [2.45, 2.75) is 77.8 Å². The van der Waals surface area contributed by atoms with Gasteiger partial charge in [0.25, 0.3) is 5.91 Å². The minimum Gasteiger partial charge on any atom is -0.480 e. The van der Waals surface area contributed by atoms with E-state index in [-0.39, 0.29) is 5.91 Å². The lowest BCUT2D eigenvalue weighted by Crippen LogP contribution is -2.51. The van der Waals surface area contributed by atoms with E-state index in [1.807, 2.05) is 19.9 Å². The molecule has 1 aromatic rings. The molecule has 1 aliphatic rings. The molecule has 23 heavy (non-hydrogen) atoms. The third-order valence-corrected chi connectivity index (χ3v) is 5.24. The predicted octanol–water partition coefficient (Wildman–Crippen LogP) is 3.59. The van der Waals surface area contributed by atoms with Crippen molar-refractivity contribution in [3.8, 4) is 0 Å². The van der Waals surface area contributed by atoms with Gasteiger partial charge < -0.3 is 15.0 Å². The van der Waals surface area contributed by atoms with Gasteiger partial charge in [0.2, 0.25) is 0 Å². The number of amides is 1. The number of rotatable bonds is 5. The summed E-state index contributed by atoms with van der Waals surface area (Å²) in [4.78, 5) is 24.0. The van der Waals surface area contributed by atoms with Crippen molar-refractivity contribution in [1.82, 2.24) is 9.88 Å². The lowest BCUT2D eigenvalue weighted by Gasteiger charge is -2.27. The second-order valence-electron chi connectivity index (χ2n) is 6.89. The Balaban J connectivity index is 2.26. The molecule has 1 saturated carbocycles. The highest BCUT2D eigenvalue weighted by atomic mass is 16.4. The molecule has 0 bridgehead atoms. The molecule has 0 radical (unpaired) electrons. The number of nitrogens with one attached hydrogen (secondary N) is 1. The van der Waals surface area contributed by atoms with Crippen molar-refractivity contribution in [2.24, 2.45) is 0 Å². The maximum atomic E-state index is 12.6. The summed E-state index contributed by atoms with van der Waals surface area (Å²) >= 11 is 0. The maximum absolute atomic E-state index is 12.6. The molecule has 0 aliphatic heterocycles. The van der Waals surface area contributed by atoms with Gasteiger partial charge in [-0.3, -0.25) is 4.79 Å². The molecule has 0 spiro atoms. The molecular weight excluding hydrogens is 292 g/mol. The molecule has 5 nitrogen and oxygen atoms in total. The van der Waals surface area contributed by atoms with E-state index in [1.54, 1.807) is 13.8 Å². The van der Waals surface area contributed by atoms with Crippen LogP contribution < -0.4 is 5.32 Å². The molecule has 128 valence electrons. The number of aromatic nitrogens is 1. The Morgan fingerprint density at radius 2 is 1.91 bits per heavy atom. The maximum Gasteiger partial charge on any atom is 0.329 e. The fourth-order valence-electron chi connectivity index (χ4n) is 3.52. The SMILES string of the molecule is CCC(C)(NC(=O)c1cc(C)n(C2CCCCC2)c1C)C(=O)O. The van der Waals surface area contributed by atoms with E-state index in [1.165, 1.54) is 19.3 Å². The molecule has 2 N–H and O–H groups in total. The van der Waals surface area contributed by atoms with Gasteiger partial charge in [0.15, 0.2) is 0 Å². The smallest absolute Gasteiger partial charge is 0.329 e. The molecule has 1 fully saturated rings. The summed E-state index contributed by atoms with van der Waals surface area (Å²) in [6, 6.07) is 2.35. The zero-order chi connectivity index (χ0) is 17.2. The average Bonchev–Trinajstić information content (AvgIpc) is 2.82. The van der Waals surface area contributed by atoms with Crippen LogP contribution in [-0.2, 0) is 4.79 Å². The van der Waals surface area contributed by atoms with Crippen LogP contribution in [0.3, 0.4) is 0 Å². The standard InChI is InChI=1S/C18H28N2O3/c1-5-18(4,17(22)23)19-16(21)15-11-12(2)20(13(15)3)14-9-7-6-8-10-14/h11,14H,5-10H2,1-4H3,(H,19,21)(H,22,23). The first-order valence-corrected chi connectivity index (χ1v) is 8.54. The number of carboxylic acid groups (broad SMARTS) is 1. The van der Waals surface area contributed by atoms with Gasteiger partial charge in [-0.15, -0.1) is 0 Å². The first kappa shape index (κ1) is 17.6. The molecule has 0 aromatic carbocycles. The number of carbonyl (C=O) groups excluding carboxylic acids is 1. The fourth-order valence-corrected chi connectivity index (χ4v) is 3.52. The third kappa shape index (κ3) is 3.43. The Morgan fingerprint density at radius 1 is 1.30 bits per heavy atom. The van der Waals surface area contributed by atoms with Crippen LogP contribution in [0.25, 0.3) is 0 Å². The third-order valence-electron chi connectivity index (χ3n) is 5.24. The molecule has 1 heterocycles. The largest absolute Gasteiger partial charge is 0.480 e. The Hall–Kier alpha value is -1.78. The molecule has 1 aliphatic carbocycles. The van der Waals surface area contributed by atoms with Gasteiger partial charge >= 0.3 is 5.97 Å². The summed E-state index contributed by atoms with van der Waals surface area (Å²) < 4.78 is 2.26. The van der Waals surface area contributed by atoms with Crippen LogP contribution in [0.4, 0.5) is 0 Å². The zero-order valence-electron chi connectivity index (χ0n) is 14.6. The predicted molar refractivity (Wildman–Crippen MR) is 89.8 cm³/mol. The second kappa shape index (κ2) is 6.77. The topological polar surface area (TPSA) is 71.3 Å². The highest BCUT2D eigenvalue weighted by molar-refractivity contribution is 5.98. The molecule has 5 heteroatoms. The van der Waals surface area contributed by atoms with Gasteiger partial charge in [0.05, 0.1) is 5.56 Å². The van der Waals surface area contributed by atoms with Crippen molar-refractivity contribution in [3.63, 3.8) is 0 Å². The monoisotopic (exact) mass is 320 g/mol. The van der Waals surface area contributed by atoms with Crippen LogP contribution >= 0.6 is 0 Å². The number of carboxylic acids is 1. The quantitative estimate of drug-likeness (QED) is 0.871. The lowest BCUT2D eigenvalue weighted by molar-refractivity contribution is -0.143. The summed E-state index contributed by atoms with van der Waals surface area (Å²) in [5, 5.41) is 12.0. The van der Waals surface area contributed by atoms with Gasteiger partial charge in [-0.1, -0.05) is 26.2 Å². The minimum atomic E-state index is -1.23. The Kier molecular flexibility index (Phi) is 5.17. The molecular formula is C18H28N2O3. The highest BCUT2D eigenvalue weighted by Gasteiger charge is 2.34.